The molecule has 1 aromatic heterocycles. The Morgan fingerprint density at radius 1 is 1.42 bits per heavy atom. The van der Waals surface area contributed by atoms with E-state index in [9.17, 15) is 9.90 Å². The van der Waals surface area contributed by atoms with Crippen LogP contribution in [0.5, 0.6) is 0 Å². The molecule has 0 saturated heterocycles. The van der Waals surface area contributed by atoms with E-state index in [0.717, 1.165) is 23.7 Å². The lowest BCUT2D eigenvalue weighted by atomic mass is 10.1. The molecule has 1 aromatic carbocycles. The van der Waals surface area contributed by atoms with Crippen LogP contribution in [0.4, 0.5) is 0 Å². The molecule has 1 aliphatic carbocycles. The van der Waals surface area contributed by atoms with Gasteiger partial charge in [-0.05, 0) is 37.5 Å². The first-order chi connectivity index (χ1) is 9.12. The lowest BCUT2D eigenvalue weighted by Gasteiger charge is -2.11. The topological polar surface area (TPSA) is 65.1 Å². The van der Waals surface area contributed by atoms with Crippen LogP contribution in [0.1, 0.15) is 28.9 Å². The number of hydrogen-bond acceptors (Lipinski definition) is 2. The molecule has 3 rings (SSSR count). The van der Waals surface area contributed by atoms with Gasteiger partial charge in [0.05, 0.1) is 6.61 Å². The van der Waals surface area contributed by atoms with Gasteiger partial charge in [-0.25, -0.2) is 0 Å². The number of aliphatic hydroxyl groups is 1. The summed E-state index contributed by atoms with van der Waals surface area (Å²) in [5.74, 6) is -0.103. The molecule has 4 nitrogen and oxygen atoms in total. The van der Waals surface area contributed by atoms with E-state index in [0.29, 0.717) is 12.2 Å². The molecule has 0 spiro atoms. The fourth-order valence-electron chi connectivity index (χ4n) is 2.29. The molecule has 0 unspecified atom stereocenters. The van der Waals surface area contributed by atoms with Crippen molar-refractivity contribution in [2.45, 2.75) is 19.8 Å². The molecule has 1 amide bonds. The Hall–Kier alpha value is -1.81. The van der Waals surface area contributed by atoms with E-state index in [1.807, 2.05) is 31.2 Å². The predicted molar refractivity (Wildman–Crippen MR) is 74.1 cm³/mol. The Labute approximate surface area is 111 Å². The summed E-state index contributed by atoms with van der Waals surface area (Å²) in [4.78, 5) is 15.2. The minimum absolute atomic E-state index is 0.0573. The zero-order valence-electron chi connectivity index (χ0n) is 11.0. The van der Waals surface area contributed by atoms with Gasteiger partial charge < -0.3 is 15.4 Å². The fraction of sp³-hybridized carbons (Fsp3) is 0.400. The van der Waals surface area contributed by atoms with Gasteiger partial charge in [-0.15, -0.1) is 0 Å². The highest BCUT2D eigenvalue weighted by molar-refractivity contribution is 5.98. The standard InChI is InChI=1S/C15H18N2O2/c1-10-2-3-11-7-13(17-12(11)6-10)14(19)16-8-15(9-18)4-5-15/h2-3,6-7,17-18H,4-5,8-9H2,1H3,(H,16,19). The second-order valence-electron chi connectivity index (χ2n) is 5.61. The van der Waals surface area contributed by atoms with Crippen molar-refractivity contribution in [2.24, 2.45) is 5.41 Å². The molecule has 3 N–H and O–H groups in total. The maximum absolute atomic E-state index is 12.1. The molecule has 4 heteroatoms. The maximum atomic E-state index is 12.1. The number of aromatic amines is 1. The maximum Gasteiger partial charge on any atom is 0.267 e. The average molecular weight is 258 g/mol. The number of nitrogens with one attached hydrogen (secondary N) is 2. The van der Waals surface area contributed by atoms with Gasteiger partial charge in [0.2, 0.25) is 0 Å². The number of H-pyrrole nitrogens is 1. The van der Waals surface area contributed by atoms with Crippen LogP contribution in [0, 0.1) is 12.3 Å². The fourth-order valence-corrected chi connectivity index (χ4v) is 2.29. The van der Waals surface area contributed by atoms with E-state index in [1.54, 1.807) is 0 Å². The normalized spacial score (nSPS) is 16.5. The number of aryl methyl sites for hydroxylation is 1. The van der Waals surface area contributed by atoms with Crippen LogP contribution < -0.4 is 5.32 Å². The number of benzene rings is 1. The Morgan fingerprint density at radius 2 is 2.21 bits per heavy atom. The Balaban J connectivity index is 1.74. The number of rotatable bonds is 4. The third-order valence-corrected chi connectivity index (χ3v) is 3.94. The van der Waals surface area contributed by atoms with Crippen LogP contribution in [0.15, 0.2) is 24.3 Å². The third-order valence-electron chi connectivity index (χ3n) is 3.94. The number of carbonyl (C=O) groups excluding carboxylic acids is 1. The summed E-state index contributed by atoms with van der Waals surface area (Å²) in [6.45, 7) is 2.73. The minimum Gasteiger partial charge on any atom is -0.396 e. The van der Waals surface area contributed by atoms with Gasteiger partial charge >= 0.3 is 0 Å². The lowest BCUT2D eigenvalue weighted by Crippen LogP contribution is -2.32. The van der Waals surface area contributed by atoms with E-state index in [2.05, 4.69) is 10.3 Å². The van der Waals surface area contributed by atoms with Crippen molar-refractivity contribution >= 4 is 16.8 Å². The summed E-state index contributed by atoms with van der Waals surface area (Å²) in [5, 5.41) is 13.2. The largest absolute Gasteiger partial charge is 0.396 e. The third kappa shape index (κ3) is 2.36. The molecule has 2 aromatic rings. The van der Waals surface area contributed by atoms with Gasteiger partial charge in [-0.3, -0.25) is 4.79 Å². The molecular formula is C15H18N2O2. The van der Waals surface area contributed by atoms with Crippen molar-refractivity contribution in [3.63, 3.8) is 0 Å². The number of amides is 1. The predicted octanol–water partition coefficient (Wildman–Crippen LogP) is 1.98. The Morgan fingerprint density at radius 3 is 2.89 bits per heavy atom. The molecule has 1 fully saturated rings. The first-order valence-electron chi connectivity index (χ1n) is 6.60. The van der Waals surface area contributed by atoms with E-state index in [1.165, 1.54) is 5.56 Å². The number of fused-ring (bicyclic) bond motifs is 1. The van der Waals surface area contributed by atoms with E-state index < -0.39 is 0 Å². The van der Waals surface area contributed by atoms with Gasteiger partial charge in [0.25, 0.3) is 5.91 Å². The number of hydrogen-bond donors (Lipinski definition) is 3. The lowest BCUT2D eigenvalue weighted by molar-refractivity contribution is 0.0931. The Kier molecular flexibility index (Phi) is 2.82. The second-order valence-corrected chi connectivity index (χ2v) is 5.61. The molecule has 100 valence electrons. The molecule has 1 aliphatic rings. The highest BCUT2D eigenvalue weighted by Gasteiger charge is 2.42. The van der Waals surface area contributed by atoms with Crippen molar-refractivity contribution in [3.8, 4) is 0 Å². The summed E-state index contributed by atoms with van der Waals surface area (Å²) < 4.78 is 0. The van der Waals surface area contributed by atoms with Crippen LogP contribution in [0.25, 0.3) is 10.9 Å². The number of aromatic nitrogens is 1. The minimum atomic E-state index is -0.103. The second kappa shape index (κ2) is 4.38. The monoisotopic (exact) mass is 258 g/mol. The SMILES string of the molecule is Cc1ccc2cc(C(=O)NCC3(CO)CC3)[nH]c2c1. The van der Waals surface area contributed by atoms with Crippen LogP contribution >= 0.6 is 0 Å². The van der Waals surface area contributed by atoms with Crippen LogP contribution in [0.2, 0.25) is 0 Å². The smallest absolute Gasteiger partial charge is 0.267 e. The molecular weight excluding hydrogens is 240 g/mol. The quantitative estimate of drug-likeness (QED) is 0.785. The van der Waals surface area contributed by atoms with Crippen molar-refractivity contribution in [2.75, 3.05) is 13.2 Å². The molecule has 0 bridgehead atoms. The van der Waals surface area contributed by atoms with E-state index in [-0.39, 0.29) is 17.9 Å². The van der Waals surface area contributed by atoms with Gasteiger partial charge in [0.15, 0.2) is 0 Å². The Bertz CT molecular complexity index is 626. The molecule has 1 saturated carbocycles. The highest BCUT2D eigenvalue weighted by atomic mass is 16.3. The molecule has 0 atom stereocenters. The molecule has 1 heterocycles. The van der Waals surface area contributed by atoms with Crippen molar-refractivity contribution in [1.29, 1.82) is 0 Å². The van der Waals surface area contributed by atoms with Crippen LogP contribution in [-0.2, 0) is 0 Å². The summed E-state index contributed by atoms with van der Waals surface area (Å²) in [6.07, 6.45) is 1.99. The average Bonchev–Trinajstić information content (AvgIpc) is 3.07. The molecule has 0 aliphatic heterocycles. The zero-order valence-corrected chi connectivity index (χ0v) is 11.0. The summed E-state index contributed by atoms with van der Waals surface area (Å²) in [5.41, 5.74) is 2.67. The zero-order chi connectivity index (χ0) is 13.5. The summed E-state index contributed by atoms with van der Waals surface area (Å²) in [6, 6.07) is 7.93. The van der Waals surface area contributed by atoms with E-state index in [4.69, 9.17) is 0 Å². The molecule has 19 heavy (non-hydrogen) atoms. The van der Waals surface area contributed by atoms with Gasteiger partial charge in [-0.1, -0.05) is 12.1 Å². The first-order valence-corrected chi connectivity index (χ1v) is 6.60. The van der Waals surface area contributed by atoms with Crippen LogP contribution in [-0.4, -0.2) is 29.1 Å². The highest BCUT2D eigenvalue weighted by Crippen LogP contribution is 2.44. The van der Waals surface area contributed by atoms with Crippen molar-refractivity contribution in [3.05, 3.63) is 35.5 Å². The van der Waals surface area contributed by atoms with Crippen molar-refractivity contribution < 1.29 is 9.90 Å². The molecule has 0 radical (unpaired) electrons. The van der Waals surface area contributed by atoms with Gasteiger partial charge in [0.1, 0.15) is 5.69 Å². The van der Waals surface area contributed by atoms with Crippen molar-refractivity contribution in [1.82, 2.24) is 10.3 Å². The summed E-state index contributed by atoms with van der Waals surface area (Å²) in [7, 11) is 0. The van der Waals surface area contributed by atoms with Crippen LogP contribution in [0.3, 0.4) is 0 Å². The number of aliphatic hydroxyl groups excluding tert-OH is 1. The first kappa shape index (κ1) is 12.2. The van der Waals surface area contributed by atoms with Gasteiger partial charge in [-0.2, -0.15) is 0 Å². The van der Waals surface area contributed by atoms with E-state index >= 15 is 0 Å². The summed E-state index contributed by atoms with van der Waals surface area (Å²) >= 11 is 0. The number of carbonyl (C=O) groups is 1. The van der Waals surface area contributed by atoms with Gasteiger partial charge in [0, 0.05) is 22.9 Å².